The van der Waals surface area contributed by atoms with Crippen molar-refractivity contribution in [2.24, 2.45) is 5.41 Å². The van der Waals surface area contributed by atoms with E-state index in [1.165, 1.54) is 19.1 Å². The summed E-state index contributed by atoms with van der Waals surface area (Å²) in [5.74, 6) is -0.906. The van der Waals surface area contributed by atoms with E-state index < -0.39 is 29.1 Å². The van der Waals surface area contributed by atoms with Gasteiger partial charge in [0, 0.05) is 11.1 Å². The summed E-state index contributed by atoms with van der Waals surface area (Å²) in [5.41, 5.74) is -1.49. The molecule has 122 valence electrons. The SMILES string of the molecule is CC(NC(=O)C(C)(C)C)C(=O)Nc1cccc(C(F)(F)F)c1. The summed E-state index contributed by atoms with van der Waals surface area (Å²) in [5, 5.41) is 4.87. The van der Waals surface area contributed by atoms with Crippen LogP contribution in [0.15, 0.2) is 24.3 Å². The summed E-state index contributed by atoms with van der Waals surface area (Å²) in [7, 11) is 0. The molecule has 0 radical (unpaired) electrons. The zero-order valence-electron chi connectivity index (χ0n) is 12.8. The van der Waals surface area contributed by atoms with E-state index in [-0.39, 0.29) is 11.6 Å². The average Bonchev–Trinajstić information content (AvgIpc) is 2.36. The van der Waals surface area contributed by atoms with Crippen LogP contribution < -0.4 is 10.6 Å². The number of amides is 2. The Morgan fingerprint density at radius 2 is 1.73 bits per heavy atom. The molecule has 7 heteroatoms. The second kappa shape index (κ2) is 6.37. The van der Waals surface area contributed by atoms with Crippen LogP contribution in [-0.2, 0) is 15.8 Å². The predicted molar refractivity (Wildman–Crippen MR) is 77.1 cm³/mol. The second-order valence-electron chi connectivity index (χ2n) is 6.01. The smallest absolute Gasteiger partial charge is 0.344 e. The molecule has 0 aliphatic heterocycles. The monoisotopic (exact) mass is 316 g/mol. The Kier molecular flexibility index (Phi) is 5.22. The van der Waals surface area contributed by atoms with E-state index in [1.54, 1.807) is 20.8 Å². The summed E-state index contributed by atoms with van der Waals surface area (Å²) in [4.78, 5) is 23.7. The fourth-order valence-corrected chi connectivity index (χ4v) is 1.50. The van der Waals surface area contributed by atoms with Crippen LogP contribution in [0.3, 0.4) is 0 Å². The third-order valence-electron chi connectivity index (χ3n) is 2.88. The van der Waals surface area contributed by atoms with Crippen molar-refractivity contribution in [3.8, 4) is 0 Å². The fraction of sp³-hybridized carbons (Fsp3) is 0.467. The number of hydrogen-bond acceptors (Lipinski definition) is 2. The van der Waals surface area contributed by atoms with E-state index >= 15 is 0 Å². The maximum Gasteiger partial charge on any atom is 0.416 e. The second-order valence-corrected chi connectivity index (χ2v) is 6.01. The van der Waals surface area contributed by atoms with Gasteiger partial charge in [0.05, 0.1) is 5.56 Å². The van der Waals surface area contributed by atoms with Gasteiger partial charge in [-0.1, -0.05) is 26.8 Å². The molecule has 2 N–H and O–H groups in total. The number of hydrogen-bond donors (Lipinski definition) is 2. The van der Waals surface area contributed by atoms with Gasteiger partial charge in [-0.3, -0.25) is 9.59 Å². The summed E-state index contributed by atoms with van der Waals surface area (Å²) < 4.78 is 37.8. The van der Waals surface area contributed by atoms with Gasteiger partial charge < -0.3 is 10.6 Å². The molecule has 0 aliphatic rings. The Bertz CT molecular complexity index is 563. The zero-order chi connectivity index (χ0) is 17.1. The summed E-state index contributed by atoms with van der Waals surface area (Å²) >= 11 is 0. The standard InChI is InChI=1S/C15H19F3N2O2/c1-9(19-13(22)14(2,3)4)12(21)20-11-7-5-6-10(8-11)15(16,17)18/h5-9H,1-4H3,(H,19,22)(H,20,21). The minimum Gasteiger partial charge on any atom is -0.344 e. The number of benzene rings is 1. The Hall–Kier alpha value is -2.05. The minimum atomic E-state index is -4.48. The molecule has 1 unspecified atom stereocenters. The maximum atomic E-state index is 12.6. The lowest BCUT2D eigenvalue weighted by Crippen LogP contribution is -2.46. The highest BCUT2D eigenvalue weighted by atomic mass is 19.4. The van der Waals surface area contributed by atoms with E-state index in [0.29, 0.717) is 0 Å². The molecule has 0 saturated carbocycles. The molecule has 1 aromatic rings. The van der Waals surface area contributed by atoms with Crippen molar-refractivity contribution in [2.45, 2.75) is 39.9 Å². The van der Waals surface area contributed by atoms with Crippen LogP contribution in [0, 0.1) is 5.41 Å². The maximum absolute atomic E-state index is 12.6. The van der Waals surface area contributed by atoms with Gasteiger partial charge in [0.15, 0.2) is 0 Å². The van der Waals surface area contributed by atoms with E-state index in [2.05, 4.69) is 10.6 Å². The van der Waals surface area contributed by atoms with Crippen LogP contribution >= 0.6 is 0 Å². The third-order valence-corrected chi connectivity index (χ3v) is 2.88. The molecule has 1 aromatic carbocycles. The first-order valence-electron chi connectivity index (χ1n) is 6.70. The van der Waals surface area contributed by atoms with Crippen LogP contribution in [0.4, 0.5) is 18.9 Å². The molecule has 0 aliphatic carbocycles. The number of alkyl halides is 3. The topological polar surface area (TPSA) is 58.2 Å². The molecule has 1 atom stereocenters. The van der Waals surface area contributed by atoms with Gasteiger partial charge in [-0.25, -0.2) is 0 Å². The van der Waals surface area contributed by atoms with Crippen molar-refractivity contribution in [1.29, 1.82) is 0 Å². The highest BCUT2D eigenvalue weighted by molar-refractivity contribution is 5.97. The third kappa shape index (κ3) is 5.05. The number of rotatable bonds is 3. The van der Waals surface area contributed by atoms with Gasteiger partial charge in [-0.05, 0) is 25.1 Å². The lowest BCUT2D eigenvalue weighted by molar-refractivity contribution is -0.137. The molecule has 22 heavy (non-hydrogen) atoms. The van der Waals surface area contributed by atoms with Gasteiger partial charge in [0.2, 0.25) is 11.8 Å². The minimum absolute atomic E-state index is 0.0247. The molecule has 0 fully saturated rings. The van der Waals surface area contributed by atoms with Crippen LogP contribution in [0.5, 0.6) is 0 Å². The Morgan fingerprint density at radius 3 is 2.23 bits per heavy atom. The Labute approximate surface area is 127 Å². The van der Waals surface area contributed by atoms with Gasteiger partial charge in [-0.15, -0.1) is 0 Å². The predicted octanol–water partition coefficient (Wildman–Crippen LogP) is 3.19. The van der Waals surface area contributed by atoms with Crippen molar-refractivity contribution < 1.29 is 22.8 Å². The summed E-state index contributed by atoms with van der Waals surface area (Å²) in [6.07, 6.45) is -4.48. The number of carbonyl (C=O) groups excluding carboxylic acids is 2. The molecule has 0 spiro atoms. The summed E-state index contributed by atoms with van der Waals surface area (Å²) in [6.45, 7) is 6.55. The number of anilines is 1. The lowest BCUT2D eigenvalue weighted by atomic mass is 9.95. The van der Waals surface area contributed by atoms with Crippen LogP contribution in [0.2, 0.25) is 0 Å². The van der Waals surface area contributed by atoms with Crippen molar-refractivity contribution in [1.82, 2.24) is 5.32 Å². The zero-order valence-corrected chi connectivity index (χ0v) is 12.8. The van der Waals surface area contributed by atoms with Gasteiger partial charge in [0.1, 0.15) is 6.04 Å². The fourth-order valence-electron chi connectivity index (χ4n) is 1.50. The number of carbonyl (C=O) groups is 2. The first-order chi connectivity index (χ1) is 9.91. The first kappa shape index (κ1) is 18.0. The molecular formula is C15H19F3N2O2. The largest absolute Gasteiger partial charge is 0.416 e. The highest BCUT2D eigenvalue weighted by Gasteiger charge is 2.31. The molecule has 1 rings (SSSR count). The lowest BCUT2D eigenvalue weighted by Gasteiger charge is -2.21. The quantitative estimate of drug-likeness (QED) is 0.900. The average molecular weight is 316 g/mol. The van der Waals surface area contributed by atoms with E-state index in [4.69, 9.17) is 0 Å². The molecule has 0 saturated heterocycles. The summed E-state index contributed by atoms with van der Waals surface area (Å²) in [6, 6.07) is 3.46. The van der Waals surface area contributed by atoms with E-state index in [0.717, 1.165) is 12.1 Å². The van der Waals surface area contributed by atoms with Crippen molar-refractivity contribution >= 4 is 17.5 Å². The molecule has 0 aromatic heterocycles. The van der Waals surface area contributed by atoms with Crippen molar-refractivity contribution in [2.75, 3.05) is 5.32 Å². The van der Waals surface area contributed by atoms with Gasteiger partial charge in [-0.2, -0.15) is 13.2 Å². The van der Waals surface area contributed by atoms with Crippen molar-refractivity contribution in [3.63, 3.8) is 0 Å². The molecule has 4 nitrogen and oxygen atoms in total. The van der Waals surface area contributed by atoms with E-state index in [9.17, 15) is 22.8 Å². The Morgan fingerprint density at radius 1 is 1.14 bits per heavy atom. The number of nitrogens with one attached hydrogen (secondary N) is 2. The molecule has 0 bridgehead atoms. The van der Waals surface area contributed by atoms with Crippen molar-refractivity contribution in [3.05, 3.63) is 29.8 Å². The molecule has 0 heterocycles. The van der Waals surface area contributed by atoms with Crippen LogP contribution in [0.25, 0.3) is 0 Å². The molecular weight excluding hydrogens is 297 g/mol. The van der Waals surface area contributed by atoms with Crippen LogP contribution in [-0.4, -0.2) is 17.9 Å². The van der Waals surface area contributed by atoms with E-state index in [1.807, 2.05) is 0 Å². The first-order valence-corrected chi connectivity index (χ1v) is 6.70. The molecule has 2 amide bonds. The van der Waals surface area contributed by atoms with Gasteiger partial charge in [0.25, 0.3) is 0 Å². The highest BCUT2D eigenvalue weighted by Crippen LogP contribution is 2.30. The normalized spacial score (nSPS) is 13.4. The van der Waals surface area contributed by atoms with Gasteiger partial charge >= 0.3 is 6.18 Å². The van der Waals surface area contributed by atoms with Crippen LogP contribution in [0.1, 0.15) is 33.3 Å². The number of halogens is 3. The Balaban J connectivity index is 2.75.